The molecule has 0 fully saturated rings. The van der Waals surface area contributed by atoms with E-state index in [1.54, 1.807) is 11.3 Å². The van der Waals surface area contributed by atoms with Crippen LogP contribution >= 0.6 is 11.3 Å². The van der Waals surface area contributed by atoms with E-state index in [2.05, 4.69) is 55.2 Å². The summed E-state index contributed by atoms with van der Waals surface area (Å²) in [6.07, 6.45) is 0. The summed E-state index contributed by atoms with van der Waals surface area (Å²) in [6, 6.07) is 6.64. The van der Waals surface area contributed by atoms with E-state index >= 15 is 0 Å². The molecule has 0 aliphatic rings. The van der Waals surface area contributed by atoms with Crippen molar-refractivity contribution in [1.82, 2.24) is 5.43 Å². The van der Waals surface area contributed by atoms with Gasteiger partial charge in [-0.1, -0.05) is 29.3 Å². The Balaban J connectivity index is 2.45. The lowest BCUT2D eigenvalue weighted by molar-refractivity contribution is 0.635. The molecule has 0 saturated carbocycles. The molecule has 0 radical (unpaired) electrons. The van der Waals surface area contributed by atoms with Gasteiger partial charge in [0.05, 0.1) is 6.04 Å². The van der Waals surface area contributed by atoms with Crippen molar-refractivity contribution in [1.29, 1.82) is 0 Å². The fraction of sp³-hybridized carbons (Fsp3) is 0.286. The second kappa shape index (κ2) is 5.00. The maximum absolute atomic E-state index is 5.72. The average Bonchev–Trinajstić information content (AvgIpc) is 2.65. The van der Waals surface area contributed by atoms with Gasteiger partial charge in [0.25, 0.3) is 0 Å². The fourth-order valence-electron chi connectivity index (χ4n) is 2.21. The van der Waals surface area contributed by atoms with Gasteiger partial charge in [-0.05, 0) is 48.2 Å². The van der Waals surface area contributed by atoms with Gasteiger partial charge in [-0.15, -0.1) is 0 Å². The zero-order valence-electron chi connectivity index (χ0n) is 10.4. The minimum atomic E-state index is 0.0832. The average molecular weight is 246 g/mol. The van der Waals surface area contributed by atoms with Gasteiger partial charge < -0.3 is 0 Å². The van der Waals surface area contributed by atoms with Crippen molar-refractivity contribution in [3.63, 3.8) is 0 Å². The van der Waals surface area contributed by atoms with Crippen molar-refractivity contribution in [3.8, 4) is 0 Å². The topological polar surface area (TPSA) is 38.0 Å². The number of hydrazine groups is 1. The van der Waals surface area contributed by atoms with Gasteiger partial charge in [0.1, 0.15) is 0 Å². The van der Waals surface area contributed by atoms with Crippen LogP contribution < -0.4 is 11.3 Å². The molecular weight excluding hydrogens is 228 g/mol. The number of thiophene rings is 1. The van der Waals surface area contributed by atoms with Crippen molar-refractivity contribution >= 4 is 11.3 Å². The van der Waals surface area contributed by atoms with Gasteiger partial charge in [0.15, 0.2) is 0 Å². The predicted octanol–water partition coefficient (Wildman–Crippen LogP) is 3.23. The van der Waals surface area contributed by atoms with Gasteiger partial charge >= 0.3 is 0 Å². The largest absolute Gasteiger partial charge is 0.271 e. The summed E-state index contributed by atoms with van der Waals surface area (Å²) in [5, 5.41) is 4.32. The third-order valence-corrected chi connectivity index (χ3v) is 3.83. The van der Waals surface area contributed by atoms with E-state index in [9.17, 15) is 0 Å². The molecule has 1 aromatic carbocycles. The quantitative estimate of drug-likeness (QED) is 0.644. The van der Waals surface area contributed by atoms with Crippen LogP contribution in [0.25, 0.3) is 0 Å². The summed E-state index contributed by atoms with van der Waals surface area (Å²) in [6.45, 7) is 6.36. The van der Waals surface area contributed by atoms with Crippen molar-refractivity contribution in [3.05, 3.63) is 56.8 Å². The summed E-state index contributed by atoms with van der Waals surface area (Å²) >= 11 is 1.72. The standard InChI is InChI=1S/C14H18N2S/c1-9-4-10(2)6-12(5-9)14(16-15)13-8-17-7-11(13)3/h4-8,14,16H,15H2,1-3H3. The summed E-state index contributed by atoms with van der Waals surface area (Å²) in [5.74, 6) is 5.72. The first-order valence-electron chi connectivity index (χ1n) is 5.69. The summed E-state index contributed by atoms with van der Waals surface area (Å²) in [4.78, 5) is 0. The number of hydrogen-bond donors (Lipinski definition) is 2. The van der Waals surface area contributed by atoms with Crippen molar-refractivity contribution in [2.24, 2.45) is 5.84 Å². The van der Waals surface area contributed by atoms with Crippen LogP contribution in [0.1, 0.15) is 33.9 Å². The molecule has 0 spiro atoms. The van der Waals surface area contributed by atoms with Gasteiger partial charge in [-0.25, -0.2) is 5.43 Å². The molecule has 0 amide bonds. The molecule has 1 unspecified atom stereocenters. The molecule has 2 rings (SSSR count). The Morgan fingerprint density at radius 1 is 1.06 bits per heavy atom. The van der Waals surface area contributed by atoms with Crippen LogP contribution in [-0.2, 0) is 0 Å². The summed E-state index contributed by atoms with van der Waals surface area (Å²) in [5.41, 5.74) is 9.25. The van der Waals surface area contributed by atoms with E-state index in [1.807, 2.05) is 0 Å². The second-order valence-corrected chi connectivity index (χ2v) is 5.27. The minimum absolute atomic E-state index is 0.0832. The summed E-state index contributed by atoms with van der Waals surface area (Å²) in [7, 11) is 0. The molecule has 0 aliphatic heterocycles. The lowest BCUT2D eigenvalue weighted by Gasteiger charge is -2.18. The Labute approximate surface area is 106 Å². The lowest BCUT2D eigenvalue weighted by Crippen LogP contribution is -2.29. The normalized spacial score (nSPS) is 12.7. The Morgan fingerprint density at radius 3 is 2.18 bits per heavy atom. The van der Waals surface area contributed by atoms with Crippen molar-refractivity contribution < 1.29 is 0 Å². The molecule has 0 aliphatic carbocycles. The van der Waals surface area contributed by atoms with Crippen molar-refractivity contribution in [2.45, 2.75) is 26.8 Å². The van der Waals surface area contributed by atoms with Crippen LogP contribution in [0.5, 0.6) is 0 Å². The first-order valence-corrected chi connectivity index (χ1v) is 6.63. The molecule has 1 heterocycles. The summed E-state index contributed by atoms with van der Waals surface area (Å²) < 4.78 is 0. The Bertz CT molecular complexity index is 496. The molecule has 0 saturated heterocycles. The van der Waals surface area contributed by atoms with E-state index < -0.39 is 0 Å². The minimum Gasteiger partial charge on any atom is -0.271 e. The first-order chi connectivity index (χ1) is 8.11. The Hall–Kier alpha value is -1.16. The molecule has 0 bridgehead atoms. The highest BCUT2D eigenvalue weighted by Crippen LogP contribution is 2.28. The number of benzene rings is 1. The predicted molar refractivity (Wildman–Crippen MR) is 74.1 cm³/mol. The lowest BCUT2D eigenvalue weighted by atomic mass is 9.96. The number of rotatable bonds is 3. The van der Waals surface area contributed by atoms with E-state index in [1.165, 1.54) is 27.8 Å². The third-order valence-electron chi connectivity index (χ3n) is 2.95. The molecule has 3 N–H and O–H groups in total. The van der Waals surface area contributed by atoms with Gasteiger partial charge in [-0.3, -0.25) is 5.84 Å². The maximum atomic E-state index is 5.72. The van der Waals surface area contributed by atoms with Crippen molar-refractivity contribution in [2.75, 3.05) is 0 Å². The van der Waals surface area contributed by atoms with Crippen LogP contribution in [0.15, 0.2) is 29.0 Å². The Kier molecular flexibility index (Phi) is 3.62. The number of aryl methyl sites for hydroxylation is 3. The molecule has 2 aromatic rings. The molecule has 90 valence electrons. The van der Waals surface area contributed by atoms with Crippen LogP contribution in [0.2, 0.25) is 0 Å². The number of nitrogens with two attached hydrogens (primary N) is 1. The van der Waals surface area contributed by atoms with E-state index in [0.29, 0.717) is 0 Å². The number of hydrogen-bond acceptors (Lipinski definition) is 3. The molecule has 3 heteroatoms. The number of nitrogens with one attached hydrogen (secondary N) is 1. The van der Waals surface area contributed by atoms with Gasteiger partial charge in [0.2, 0.25) is 0 Å². The third kappa shape index (κ3) is 2.57. The first kappa shape index (κ1) is 12.3. The molecule has 1 atom stereocenters. The molecule has 1 aromatic heterocycles. The van der Waals surface area contributed by atoms with Crippen LogP contribution in [0.3, 0.4) is 0 Å². The van der Waals surface area contributed by atoms with Crippen LogP contribution in [-0.4, -0.2) is 0 Å². The zero-order valence-corrected chi connectivity index (χ0v) is 11.3. The van der Waals surface area contributed by atoms with E-state index in [4.69, 9.17) is 5.84 Å². The molecular formula is C14H18N2S. The van der Waals surface area contributed by atoms with Crippen LogP contribution in [0.4, 0.5) is 0 Å². The highest BCUT2D eigenvalue weighted by Gasteiger charge is 2.15. The smallest absolute Gasteiger partial charge is 0.0720 e. The maximum Gasteiger partial charge on any atom is 0.0720 e. The van der Waals surface area contributed by atoms with E-state index in [0.717, 1.165) is 0 Å². The molecule has 17 heavy (non-hydrogen) atoms. The second-order valence-electron chi connectivity index (χ2n) is 4.53. The monoisotopic (exact) mass is 246 g/mol. The fourth-order valence-corrected chi connectivity index (χ4v) is 3.09. The molecule has 2 nitrogen and oxygen atoms in total. The van der Waals surface area contributed by atoms with E-state index in [-0.39, 0.29) is 6.04 Å². The Morgan fingerprint density at radius 2 is 1.71 bits per heavy atom. The highest BCUT2D eigenvalue weighted by atomic mass is 32.1. The van der Waals surface area contributed by atoms with Gasteiger partial charge in [-0.2, -0.15) is 11.3 Å². The SMILES string of the molecule is Cc1cc(C)cc(C(NN)c2cscc2C)c1. The zero-order chi connectivity index (χ0) is 12.4. The van der Waals surface area contributed by atoms with Crippen LogP contribution in [0, 0.1) is 20.8 Å². The highest BCUT2D eigenvalue weighted by molar-refractivity contribution is 7.08. The van der Waals surface area contributed by atoms with Gasteiger partial charge in [0, 0.05) is 0 Å².